The van der Waals surface area contributed by atoms with Gasteiger partial charge in [0.25, 0.3) is 0 Å². The van der Waals surface area contributed by atoms with E-state index >= 15 is 0 Å². The van der Waals surface area contributed by atoms with Crippen molar-refractivity contribution >= 4 is 10.8 Å². The van der Waals surface area contributed by atoms with E-state index in [-0.39, 0.29) is 0 Å². The minimum Gasteiger partial charge on any atom is -0.374 e. The van der Waals surface area contributed by atoms with Crippen molar-refractivity contribution in [2.24, 2.45) is 0 Å². The molecular formula is C9H19NO2S. The van der Waals surface area contributed by atoms with Gasteiger partial charge >= 0.3 is 0 Å². The summed E-state index contributed by atoms with van der Waals surface area (Å²) in [5.74, 6) is 0.738. The average Bonchev–Trinajstić information content (AvgIpc) is 2.45. The summed E-state index contributed by atoms with van der Waals surface area (Å²) in [5, 5.41) is 3.26. The Hall–Kier alpha value is 0.0700. The smallest absolute Gasteiger partial charge is 0.0704 e. The fraction of sp³-hybridized carbons (Fsp3) is 1.00. The predicted molar refractivity (Wildman–Crippen MR) is 55.4 cm³/mol. The Kier molecular flexibility index (Phi) is 4.91. The van der Waals surface area contributed by atoms with Gasteiger partial charge in [-0.1, -0.05) is 0 Å². The molecule has 0 spiro atoms. The second-order valence-electron chi connectivity index (χ2n) is 3.63. The number of nitrogens with one attached hydrogen (secondary N) is 1. The first-order valence-electron chi connectivity index (χ1n) is 4.84. The zero-order chi connectivity index (χ0) is 9.68. The minimum absolute atomic E-state index is 0.375. The molecule has 0 aromatic heterocycles. The average molecular weight is 205 g/mol. The second kappa shape index (κ2) is 5.73. The molecule has 4 heteroatoms. The molecule has 1 N–H and O–H groups in total. The van der Waals surface area contributed by atoms with E-state index in [1.165, 1.54) is 6.42 Å². The van der Waals surface area contributed by atoms with E-state index < -0.39 is 10.8 Å². The summed E-state index contributed by atoms with van der Waals surface area (Å²) in [6.07, 6.45) is 4.86. The van der Waals surface area contributed by atoms with Gasteiger partial charge in [0, 0.05) is 35.9 Å². The van der Waals surface area contributed by atoms with Crippen LogP contribution in [0.3, 0.4) is 0 Å². The van der Waals surface area contributed by atoms with Crippen LogP contribution >= 0.6 is 0 Å². The Morgan fingerprint density at radius 2 is 2.31 bits per heavy atom. The molecule has 0 aliphatic carbocycles. The molecule has 1 saturated heterocycles. The van der Waals surface area contributed by atoms with Crippen molar-refractivity contribution in [1.29, 1.82) is 0 Å². The minimum atomic E-state index is -0.679. The molecule has 13 heavy (non-hydrogen) atoms. The zero-order valence-electron chi connectivity index (χ0n) is 8.41. The quantitative estimate of drug-likeness (QED) is 0.665. The lowest BCUT2D eigenvalue weighted by Crippen LogP contribution is -2.29. The Balaban J connectivity index is 1.97. The molecule has 0 aromatic rings. The van der Waals surface area contributed by atoms with Crippen molar-refractivity contribution in [3.05, 3.63) is 0 Å². The van der Waals surface area contributed by atoms with Gasteiger partial charge < -0.3 is 10.1 Å². The van der Waals surface area contributed by atoms with Crippen LogP contribution in [-0.2, 0) is 15.5 Å². The third-order valence-corrected chi connectivity index (χ3v) is 3.04. The molecule has 0 radical (unpaired) electrons. The van der Waals surface area contributed by atoms with Gasteiger partial charge in [-0.25, -0.2) is 0 Å². The van der Waals surface area contributed by atoms with E-state index in [1.807, 2.05) is 0 Å². The molecule has 1 fully saturated rings. The van der Waals surface area contributed by atoms with Crippen LogP contribution in [0.25, 0.3) is 0 Å². The Morgan fingerprint density at radius 1 is 1.54 bits per heavy atom. The van der Waals surface area contributed by atoms with Crippen LogP contribution < -0.4 is 5.32 Å². The lowest BCUT2D eigenvalue weighted by molar-refractivity contribution is 0.0564. The number of ether oxygens (including phenoxy) is 1. The molecular weight excluding hydrogens is 186 g/mol. The molecule has 3 nitrogen and oxygen atoms in total. The normalized spacial score (nSPS) is 30.6. The summed E-state index contributed by atoms with van der Waals surface area (Å²) in [5.41, 5.74) is 0. The maximum atomic E-state index is 10.7. The molecule has 0 saturated carbocycles. The largest absolute Gasteiger partial charge is 0.374 e. The second-order valence-corrected chi connectivity index (χ2v) is 5.18. The third kappa shape index (κ3) is 4.74. The van der Waals surface area contributed by atoms with Crippen LogP contribution in [0.1, 0.15) is 19.8 Å². The van der Waals surface area contributed by atoms with E-state index in [1.54, 1.807) is 6.26 Å². The lowest BCUT2D eigenvalue weighted by atomic mass is 10.2. The van der Waals surface area contributed by atoms with E-state index in [4.69, 9.17) is 4.74 Å². The van der Waals surface area contributed by atoms with Crippen molar-refractivity contribution in [2.75, 3.05) is 25.1 Å². The van der Waals surface area contributed by atoms with Gasteiger partial charge in [0.1, 0.15) is 0 Å². The zero-order valence-corrected chi connectivity index (χ0v) is 9.23. The monoisotopic (exact) mass is 205 g/mol. The summed E-state index contributed by atoms with van der Waals surface area (Å²) >= 11 is 0. The lowest BCUT2D eigenvalue weighted by Gasteiger charge is -2.11. The predicted octanol–water partition coefficient (Wildman–Crippen LogP) is 0.522. The van der Waals surface area contributed by atoms with Crippen LogP contribution in [0.4, 0.5) is 0 Å². The van der Waals surface area contributed by atoms with E-state index in [9.17, 15) is 4.21 Å². The van der Waals surface area contributed by atoms with Crippen LogP contribution in [0.15, 0.2) is 0 Å². The fourth-order valence-corrected chi connectivity index (χ4v) is 1.95. The highest BCUT2D eigenvalue weighted by molar-refractivity contribution is 7.84. The maximum absolute atomic E-state index is 10.7. The van der Waals surface area contributed by atoms with Crippen molar-refractivity contribution in [1.82, 2.24) is 5.32 Å². The third-order valence-electron chi connectivity index (χ3n) is 2.26. The summed E-state index contributed by atoms with van der Waals surface area (Å²) in [6, 6.07) is 0. The van der Waals surface area contributed by atoms with Gasteiger partial charge in [-0.2, -0.15) is 0 Å². The molecule has 1 aliphatic rings. The van der Waals surface area contributed by atoms with Crippen molar-refractivity contribution in [2.45, 2.75) is 32.0 Å². The van der Waals surface area contributed by atoms with Crippen LogP contribution in [0.5, 0.6) is 0 Å². The molecule has 1 aliphatic heterocycles. The van der Waals surface area contributed by atoms with Gasteiger partial charge in [-0.3, -0.25) is 4.21 Å². The van der Waals surface area contributed by atoms with E-state index in [2.05, 4.69) is 12.2 Å². The number of rotatable bonds is 5. The van der Waals surface area contributed by atoms with Crippen molar-refractivity contribution in [3.63, 3.8) is 0 Å². The number of hydrogen-bond donors (Lipinski definition) is 1. The summed E-state index contributed by atoms with van der Waals surface area (Å²) in [7, 11) is -0.679. The van der Waals surface area contributed by atoms with E-state index in [0.717, 1.165) is 25.3 Å². The molecule has 0 bridgehead atoms. The highest BCUT2D eigenvalue weighted by atomic mass is 32.2. The standard InChI is InChI=1S/C9H19NO2S/c1-8-3-4-9(12-8)7-10-5-6-13(2)11/h8-10H,3-7H2,1-2H3. The summed E-state index contributed by atoms with van der Waals surface area (Å²) < 4.78 is 16.4. The van der Waals surface area contributed by atoms with Gasteiger partial charge in [0.05, 0.1) is 12.2 Å². The molecule has 0 aromatic carbocycles. The van der Waals surface area contributed by atoms with Gasteiger partial charge in [0.2, 0.25) is 0 Å². The topological polar surface area (TPSA) is 38.3 Å². The highest BCUT2D eigenvalue weighted by Crippen LogP contribution is 2.17. The van der Waals surface area contributed by atoms with Crippen LogP contribution in [0.2, 0.25) is 0 Å². The maximum Gasteiger partial charge on any atom is 0.0704 e. The van der Waals surface area contributed by atoms with Crippen molar-refractivity contribution < 1.29 is 8.95 Å². The Labute approximate surface area is 82.7 Å². The molecule has 1 heterocycles. The number of hydrogen-bond acceptors (Lipinski definition) is 3. The molecule has 3 unspecified atom stereocenters. The van der Waals surface area contributed by atoms with Gasteiger partial charge in [-0.15, -0.1) is 0 Å². The first kappa shape index (κ1) is 11.1. The highest BCUT2D eigenvalue weighted by Gasteiger charge is 2.20. The van der Waals surface area contributed by atoms with Gasteiger partial charge in [0.15, 0.2) is 0 Å². The summed E-state index contributed by atoms with van der Waals surface area (Å²) in [4.78, 5) is 0. The molecule has 1 rings (SSSR count). The molecule has 0 amide bonds. The first-order chi connectivity index (χ1) is 6.18. The van der Waals surface area contributed by atoms with Crippen LogP contribution in [0, 0.1) is 0 Å². The van der Waals surface area contributed by atoms with Crippen molar-refractivity contribution in [3.8, 4) is 0 Å². The molecule has 78 valence electrons. The van der Waals surface area contributed by atoms with E-state index in [0.29, 0.717) is 12.2 Å². The fourth-order valence-electron chi connectivity index (χ4n) is 1.51. The summed E-state index contributed by atoms with van der Waals surface area (Å²) in [6.45, 7) is 3.85. The molecule has 3 atom stereocenters. The Morgan fingerprint density at radius 3 is 2.85 bits per heavy atom. The van der Waals surface area contributed by atoms with Gasteiger partial charge in [-0.05, 0) is 19.8 Å². The first-order valence-corrected chi connectivity index (χ1v) is 6.57. The SMILES string of the molecule is CC1CCC(CNCCS(C)=O)O1. The Bertz CT molecular complexity index is 175. The van der Waals surface area contributed by atoms with Crippen LogP contribution in [-0.4, -0.2) is 41.5 Å².